The second kappa shape index (κ2) is 36.4. The number of unbranched alkanes of at least 4 members (excludes halogenated alkanes) is 16. The van der Waals surface area contributed by atoms with Crippen LogP contribution in [0, 0.1) is 0 Å². The number of phosphoric acid groups is 2. The van der Waals surface area contributed by atoms with Gasteiger partial charge in [0.05, 0.1) is 32.0 Å². The third kappa shape index (κ3) is 38.5. The topological polar surface area (TPSA) is 236 Å². The van der Waals surface area contributed by atoms with Gasteiger partial charge in [-0.2, -0.15) is 0 Å². The van der Waals surface area contributed by atoms with E-state index in [0.717, 1.165) is 77.0 Å². The molecule has 0 saturated carbocycles. The Kier molecular flexibility index (Phi) is 35.4. The van der Waals surface area contributed by atoms with Crippen LogP contribution in [-0.4, -0.2) is 92.8 Å². The molecule has 1 unspecified atom stereocenters. The maximum absolute atomic E-state index is 12.7. The lowest BCUT2D eigenvalue weighted by Crippen LogP contribution is -2.30. The van der Waals surface area contributed by atoms with Gasteiger partial charge in [-0.15, -0.1) is 0 Å². The average molecular weight is 859 g/mol. The number of aliphatic hydroxyl groups is 3. The largest absolute Gasteiger partial charge is 0.472 e. The number of esters is 2. The summed E-state index contributed by atoms with van der Waals surface area (Å²) in [6.07, 6.45) is 24.8. The van der Waals surface area contributed by atoms with Crippen LogP contribution < -0.4 is 0 Å². The molecule has 5 atom stereocenters. The number of ether oxygens (including phenoxy) is 2. The van der Waals surface area contributed by atoms with E-state index in [1.807, 2.05) is 12.2 Å². The summed E-state index contributed by atoms with van der Waals surface area (Å²) in [6.45, 7) is 1.50. The van der Waals surface area contributed by atoms with Crippen molar-refractivity contribution in [3.05, 3.63) is 24.3 Å². The lowest BCUT2D eigenvalue weighted by molar-refractivity contribution is -0.161. The third-order valence-electron chi connectivity index (χ3n) is 9.00. The smallest absolute Gasteiger partial charge is 0.462 e. The number of aliphatic hydroxyl groups excluding tert-OH is 3. The molecule has 57 heavy (non-hydrogen) atoms. The minimum absolute atomic E-state index is 0.0319. The van der Waals surface area contributed by atoms with Crippen LogP contribution in [0.3, 0.4) is 0 Å². The van der Waals surface area contributed by atoms with E-state index in [1.54, 1.807) is 0 Å². The van der Waals surface area contributed by atoms with Gasteiger partial charge in [0, 0.05) is 12.8 Å². The highest BCUT2D eigenvalue weighted by Gasteiger charge is 2.28. The highest BCUT2D eigenvalue weighted by atomic mass is 31.2. The molecule has 0 saturated heterocycles. The lowest BCUT2D eigenvalue weighted by atomic mass is 10.0. The van der Waals surface area contributed by atoms with Crippen molar-refractivity contribution in [2.45, 2.75) is 192 Å². The summed E-state index contributed by atoms with van der Waals surface area (Å²) < 4.78 is 47.6. The molecule has 0 aliphatic heterocycles. The van der Waals surface area contributed by atoms with E-state index in [9.17, 15) is 38.9 Å². The fourth-order valence-electron chi connectivity index (χ4n) is 5.60. The summed E-state index contributed by atoms with van der Waals surface area (Å²) in [7, 11) is -9.72. The number of allylic oxidation sites excluding steroid dienone is 3. The van der Waals surface area contributed by atoms with Gasteiger partial charge in [0.25, 0.3) is 0 Å². The minimum Gasteiger partial charge on any atom is -0.462 e. The van der Waals surface area contributed by atoms with Crippen molar-refractivity contribution in [1.29, 1.82) is 0 Å². The Balaban J connectivity index is 4.66. The molecule has 0 aromatic carbocycles. The van der Waals surface area contributed by atoms with Gasteiger partial charge in [-0.05, 0) is 64.2 Å². The van der Waals surface area contributed by atoms with Gasteiger partial charge in [0.2, 0.25) is 0 Å². The van der Waals surface area contributed by atoms with Crippen LogP contribution in [0.15, 0.2) is 24.3 Å². The Morgan fingerprint density at radius 2 is 1.02 bits per heavy atom. The molecule has 0 fully saturated rings. The van der Waals surface area contributed by atoms with Crippen LogP contribution in [0.5, 0.6) is 0 Å². The summed E-state index contributed by atoms with van der Waals surface area (Å²) in [6, 6.07) is 0. The van der Waals surface area contributed by atoms with Gasteiger partial charge >= 0.3 is 27.6 Å². The first-order chi connectivity index (χ1) is 27.2. The molecule has 17 heteroatoms. The Hall–Kier alpha value is -1.48. The van der Waals surface area contributed by atoms with Gasteiger partial charge in [-0.25, -0.2) is 9.13 Å². The Bertz CT molecular complexity index is 1150. The van der Waals surface area contributed by atoms with E-state index in [-0.39, 0.29) is 12.8 Å². The predicted molar refractivity (Wildman–Crippen MR) is 219 cm³/mol. The van der Waals surface area contributed by atoms with Gasteiger partial charge < -0.3 is 39.5 Å². The summed E-state index contributed by atoms with van der Waals surface area (Å²) in [5.41, 5.74) is 0. The van der Waals surface area contributed by atoms with Crippen LogP contribution in [0.2, 0.25) is 0 Å². The van der Waals surface area contributed by atoms with Crippen molar-refractivity contribution in [3.63, 3.8) is 0 Å². The molecular formula is C40H76O15P2. The monoisotopic (exact) mass is 858 g/mol. The van der Waals surface area contributed by atoms with E-state index in [1.165, 1.54) is 32.1 Å². The van der Waals surface area contributed by atoms with Gasteiger partial charge in [0.15, 0.2) is 6.10 Å². The van der Waals surface area contributed by atoms with Crippen LogP contribution in [-0.2, 0) is 41.8 Å². The molecule has 0 amide bonds. The van der Waals surface area contributed by atoms with Gasteiger partial charge in [-0.3, -0.25) is 23.2 Å². The normalized spacial score (nSPS) is 15.4. The molecule has 0 rings (SSSR count). The summed E-state index contributed by atoms with van der Waals surface area (Å²) >= 11 is 0. The molecule has 0 spiro atoms. The van der Waals surface area contributed by atoms with Gasteiger partial charge in [0.1, 0.15) is 12.7 Å². The standard InChI is InChI=1S/C40H76O15P2/c1-3-5-7-9-11-12-13-14-15-16-17-21-25-29-39(44)51-33-36(34-54-57(49,50)53-32-35(41)31-52-56(46,47)48)55-40(45)30-26-22-18-20-24-28-38(43)37(42)27-23-19-10-8-6-4-2/h12-13,19,23,35-38,41-43H,3-11,14-18,20-22,24-34H2,1-2H3,(H,49,50)(H2,46,47,48)/b13-12-,23-19-/t35-,36+,37-,38-/m0/s1. The van der Waals surface area contributed by atoms with Crippen LogP contribution in [0.4, 0.5) is 0 Å². The Morgan fingerprint density at radius 3 is 1.63 bits per heavy atom. The average Bonchev–Trinajstić information content (AvgIpc) is 3.16. The minimum atomic E-state index is -4.88. The van der Waals surface area contributed by atoms with Gasteiger partial charge in [-0.1, -0.05) is 115 Å². The second-order valence-electron chi connectivity index (χ2n) is 14.6. The highest BCUT2D eigenvalue weighted by molar-refractivity contribution is 7.47. The first-order valence-corrected chi connectivity index (χ1v) is 24.2. The van der Waals surface area contributed by atoms with Crippen molar-refractivity contribution >= 4 is 27.6 Å². The van der Waals surface area contributed by atoms with Crippen molar-refractivity contribution in [2.75, 3.05) is 26.4 Å². The zero-order valence-electron chi connectivity index (χ0n) is 34.7. The molecule has 6 N–H and O–H groups in total. The first kappa shape index (κ1) is 55.5. The van der Waals surface area contributed by atoms with Crippen molar-refractivity contribution in [1.82, 2.24) is 0 Å². The predicted octanol–water partition coefficient (Wildman–Crippen LogP) is 8.28. The fourth-order valence-corrected chi connectivity index (χ4v) is 6.76. The maximum Gasteiger partial charge on any atom is 0.472 e. The van der Waals surface area contributed by atoms with Crippen LogP contribution in [0.25, 0.3) is 0 Å². The molecule has 0 bridgehead atoms. The van der Waals surface area contributed by atoms with Crippen molar-refractivity contribution in [2.24, 2.45) is 0 Å². The number of hydrogen-bond donors (Lipinski definition) is 6. The number of carbonyl (C=O) groups is 2. The lowest BCUT2D eigenvalue weighted by Gasteiger charge is -2.20. The van der Waals surface area contributed by atoms with Crippen LogP contribution in [0.1, 0.15) is 168 Å². The zero-order chi connectivity index (χ0) is 42.6. The Morgan fingerprint density at radius 1 is 0.544 bits per heavy atom. The molecule has 0 aliphatic carbocycles. The third-order valence-corrected chi connectivity index (χ3v) is 10.4. The molecular weight excluding hydrogens is 782 g/mol. The molecule has 0 radical (unpaired) electrons. The molecule has 0 aromatic rings. The zero-order valence-corrected chi connectivity index (χ0v) is 36.5. The number of phosphoric ester groups is 2. The summed E-state index contributed by atoms with van der Waals surface area (Å²) in [5.74, 6) is -1.15. The summed E-state index contributed by atoms with van der Waals surface area (Å²) in [5, 5.41) is 30.2. The molecule has 0 heterocycles. The quantitative estimate of drug-likeness (QED) is 0.0147. The second-order valence-corrected chi connectivity index (χ2v) is 17.3. The van der Waals surface area contributed by atoms with Crippen LogP contribution >= 0.6 is 15.6 Å². The fraction of sp³-hybridized carbons (Fsp3) is 0.850. The number of rotatable bonds is 40. The molecule has 0 aliphatic rings. The van der Waals surface area contributed by atoms with E-state index in [0.29, 0.717) is 32.1 Å². The summed E-state index contributed by atoms with van der Waals surface area (Å²) in [4.78, 5) is 52.6. The SMILES string of the molecule is CCCCC/C=C\C[C@H](O)[C@@H](O)CCCCCCCC(=O)O[C@H](COC(=O)CCCCCCC/C=C\CCCCCC)COP(=O)(O)OC[C@@H](O)COP(=O)(O)O. The van der Waals surface area contributed by atoms with E-state index < -0.39 is 78.4 Å². The Labute approximate surface area is 341 Å². The molecule has 15 nitrogen and oxygen atoms in total. The van der Waals surface area contributed by atoms with Crippen molar-refractivity contribution < 1.29 is 71.8 Å². The van der Waals surface area contributed by atoms with Crippen molar-refractivity contribution in [3.8, 4) is 0 Å². The van der Waals surface area contributed by atoms with E-state index in [2.05, 4.69) is 35.0 Å². The van der Waals surface area contributed by atoms with E-state index in [4.69, 9.17) is 23.8 Å². The number of carbonyl (C=O) groups excluding carboxylic acids is 2. The highest BCUT2D eigenvalue weighted by Crippen LogP contribution is 2.43. The van der Waals surface area contributed by atoms with E-state index >= 15 is 0 Å². The molecule has 0 aromatic heterocycles. The first-order valence-electron chi connectivity index (χ1n) is 21.2. The number of hydrogen-bond acceptors (Lipinski definition) is 12. The maximum atomic E-state index is 12.7. The molecule has 336 valence electrons.